The maximum atomic E-state index is 5.86. The van der Waals surface area contributed by atoms with Crippen molar-refractivity contribution in [2.45, 2.75) is 65.5 Å². The highest BCUT2D eigenvalue weighted by molar-refractivity contribution is 5.25. The van der Waals surface area contributed by atoms with Crippen molar-refractivity contribution in [3.05, 3.63) is 23.4 Å². The average molecular weight is 276 g/mol. The Balaban J connectivity index is 1.89. The van der Waals surface area contributed by atoms with E-state index in [0.717, 1.165) is 37.1 Å². The third-order valence-electron chi connectivity index (χ3n) is 3.99. The van der Waals surface area contributed by atoms with Crippen molar-refractivity contribution < 1.29 is 4.74 Å². The van der Waals surface area contributed by atoms with E-state index in [1.165, 1.54) is 31.2 Å². The van der Waals surface area contributed by atoms with Crippen LogP contribution in [0.5, 0.6) is 5.88 Å². The Bertz CT molecular complexity index is 413. The summed E-state index contributed by atoms with van der Waals surface area (Å²) in [5.74, 6) is 1.69. The number of hydrogen-bond donors (Lipinski definition) is 1. The van der Waals surface area contributed by atoms with Crippen molar-refractivity contribution in [1.82, 2.24) is 10.3 Å². The molecule has 20 heavy (non-hydrogen) atoms. The Morgan fingerprint density at radius 1 is 1.35 bits per heavy atom. The van der Waals surface area contributed by atoms with Crippen molar-refractivity contribution in [3.8, 4) is 5.88 Å². The highest BCUT2D eigenvalue weighted by Gasteiger charge is 2.17. The Morgan fingerprint density at radius 2 is 2.15 bits per heavy atom. The van der Waals surface area contributed by atoms with Crippen LogP contribution in [-0.4, -0.2) is 17.6 Å². The zero-order chi connectivity index (χ0) is 14.4. The molecule has 0 aromatic carbocycles. The number of rotatable bonds is 8. The van der Waals surface area contributed by atoms with Crippen LogP contribution in [-0.2, 0) is 13.0 Å². The van der Waals surface area contributed by atoms with E-state index >= 15 is 0 Å². The molecule has 0 spiro atoms. The van der Waals surface area contributed by atoms with Gasteiger partial charge in [-0.1, -0.05) is 40.0 Å². The van der Waals surface area contributed by atoms with E-state index in [0.29, 0.717) is 6.04 Å². The van der Waals surface area contributed by atoms with Crippen molar-refractivity contribution in [1.29, 1.82) is 0 Å². The molecule has 1 aliphatic carbocycles. The van der Waals surface area contributed by atoms with Gasteiger partial charge in [0.25, 0.3) is 0 Å². The standard InChI is InChI=1S/C17H28N2O/c1-4-16-10-15(12-18-13(2)3)11-17(19-16)20-9-8-14-6-5-7-14/h10-11,13-14,18H,4-9,12H2,1-3H3. The molecule has 3 heteroatoms. The largest absolute Gasteiger partial charge is 0.478 e. The molecule has 0 saturated heterocycles. The predicted octanol–water partition coefficient (Wildman–Crippen LogP) is 3.71. The van der Waals surface area contributed by atoms with Crippen LogP contribution in [0.15, 0.2) is 12.1 Å². The van der Waals surface area contributed by atoms with Crippen LogP contribution < -0.4 is 10.1 Å². The van der Waals surface area contributed by atoms with E-state index in [9.17, 15) is 0 Å². The summed E-state index contributed by atoms with van der Waals surface area (Å²) in [6.07, 6.45) is 6.30. The van der Waals surface area contributed by atoms with Gasteiger partial charge in [-0.25, -0.2) is 4.98 Å². The second-order valence-electron chi connectivity index (χ2n) is 6.13. The molecule has 3 nitrogen and oxygen atoms in total. The molecule has 0 aliphatic heterocycles. The molecule has 0 unspecified atom stereocenters. The number of aromatic nitrogens is 1. The van der Waals surface area contributed by atoms with E-state index in [-0.39, 0.29) is 0 Å². The van der Waals surface area contributed by atoms with Gasteiger partial charge in [-0.3, -0.25) is 0 Å². The summed E-state index contributed by atoms with van der Waals surface area (Å²) in [6, 6.07) is 4.75. The van der Waals surface area contributed by atoms with Gasteiger partial charge in [-0.05, 0) is 30.4 Å². The first-order chi connectivity index (χ1) is 9.67. The lowest BCUT2D eigenvalue weighted by Gasteiger charge is -2.24. The van der Waals surface area contributed by atoms with Gasteiger partial charge in [0.15, 0.2) is 0 Å². The summed E-state index contributed by atoms with van der Waals surface area (Å²) in [7, 11) is 0. The Kier molecular flexibility index (Phi) is 5.84. The fourth-order valence-corrected chi connectivity index (χ4v) is 2.41. The minimum Gasteiger partial charge on any atom is -0.478 e. The molecule has 0 bridgehead atoms. The van der Waals surface area contributed by atoms with Gasteiger partial charge < -0.3 is 10.1 Å². The van der Waals surface area contributed by atoms with Gasteiger partial charge in [-0.15, -0.1) is 0 Å². The lowest BCUT2D eigenvalue weighted by Crippen LogP contribution is -2.22. The Morgan fingerprint density at radius 3 is 2.75 bits per heavy atom. The Labute approximate surface area is 123 Å². The number of ether oxygens (including phenoxy) is 1. The second-order valence-corrected chi connectivity index (χ2v) is 6.13. The predicted molar refractivity (Wildman–Crippen MR) is 83.0 cm³/mol. The van der Waals surface area contributed by atoms with Crippen LogP contribution in [0.3, 0.4) is 0 Å². The van der Waals surface area contributed by atoms with E-state index in [4.69, 9.17) is 4.74 Å². The van der Waals surface area contributed by atoms with Crippen LogP contribution in [0.25, 0.3) is 0 Å². The van der Waals surface area contributed by atoms with Crippen LogP contribution in [0, 0.1) is 5.92 Å². The van der Waals surface area contributed by atoms with Crippen molar-refractivity contribution in [2.75, 3.05) is 6.61 Å². The molecule has 1 fully saturated rings. The summed E-state index contributed by atoms with van der Waals surface area (Å²) in [5, 5.41) is 3.45. The average Bonchev–Trinajstić information content (AvgIpc) is 2.39. The van der Waals surface area contributed by atoms with Gasteiger partial charge in [0.2, 0.25) is 5.88 Å². The number of hydrogen-bond acceptors (Lipinski definition) is 3. The molecule has 1 aliphatic rings. The normalized spacial score (nSPS) is 15.4. The van der Waals surface area contributed by atoms with Gasteiger partial charge in [0.1, 0.15) is 0 Å². The number of aryl methyl sites for hydroxylation is 1. The highest BCUT2D eigenvalue weighted by atomic mass is 16.5. The van der Waals surface area contributed by atoms with Crippen LogP contribution in [0.4, 0.5) is 0 Å². The zero-order valence-corrected chi connectivity index (χ0v) is 13.1. The molecule has 1 aromatic heterocycles. The molecule has 1 heterocycles. The fourth-order valence-electron chi connectivity index (χ4n) is 2.41. The van der Waals surface area contributed by atoms with Crippen molar-refractivity contribution >= 4 is 0 Å². The highest BCUT2D eigenvalue weighted by Crippen LogP contribution is 2.29. The first-order valence-electron chi connectivity index (χ1n) is 8.03. The quantitative estimate of drug-likeness (QED) is 0.786. The molecule has 0 atom stereocenters. The fraction of sp³-hybridized carbons (Fsp3) is 0.706. The lowest BCUT2D eigenvalue weighted by molar-refractivity contribution is 0.217. The molecule has 112 valence electrons. The molecule has 0 amide bonds. The van der Waals surface area contributed by atoms with E-state index < -0.39 is 0 Å². The third-order valence-corrected chi connectivity index (χ3v) is 3.99. The van der Waals surface area contributed by atoms with Gasteiger partial charge in [0.05, 0.1) is 6.61 Å². The van der Waals surface area contributed by atoms with Gasteiger partial charge in [0, 0.05) is 24.3 Å². The first kappa shape index (κ1) is 15.3. The monoisotopic (exact) mass is 276 g/mol. The molecule has 1 aromatic rings. The summed E-state index contributed by atoms with van der Waals surface area (Å²) in [6.45, 7) is 8.16. The van der Waals surface area contributed by atoms with Crippen molar-refractivity contribution in [2.24, 2.45) is 5.92 Å². The Hall–Kier alpha value is -1.09. The molecular formula is C17H28N2O. The number of pyridine rings is 1. The van der Waals surface area contributed by atoms with Gasteiger partial charge >= 0.3 is 0 Å². The zero-order valence-electron chi connectivity index (χ0n) is 13.1. The first-order valence-corrected chi connectivity index (χ1v) is 8.03. The minimum atomic E-state index is 0.497. The van der Waals surface area contributed by atoms with E-state index in [1.807, 2.05) is 0 Å². The minimum absolute atomic E-state index is 0.497. The lowest BCUT2D eigenvalue weighted by atomic mass is 9.83. The molecule has 2 rings (SSSR count). The second kappa shape index (κ2) is 7.63. The van der Waals surface area contributed by atoms with Crippen LogP contribution >= 0.6 is 0 Å². The number of nitrogens with zero attached hydrogens (tertiary/aromatic N) is 1. The van der Waals surface area contributed by atoms with Crippen molar-refractivity contribution in [3.63, 3.8) is 0 Å². The smallest absolute Gasteiger partial charge is 0.213 e. The van der Waals surface area contributed by atoms with E-state index in [2.05, 4.69) is 43.2 Å². The summed E-state index contributed by atoms with van der Waals surface area (Å²) >= 11 is 0. The maximum absolute atomic E-state index is 5.86. The molecule has 0 radical (unpaired) electrons. The third kappa shape index (κ3) is 4.78. The summed E-state index contributed by atoms with van der Waals surface area (Å²) in [5.41, 5.74) is 2.39. The summed E-state index contributed by atoms with van der Waals surface area (Å²) < 4.78 is 5.86. The molecule has 1 N–H and O–H groups in total. The molecule has 1 saturated carbocycles. The maximum Gasteiger partial charge on any atom is 0.213 e. The molecular weight excluding hydrogens is 248 g/mol. The summed E-state index contributed by atoms with van der Waals surface area (Å²) in [4.78, 5) is 4.57. The van der Waals surface area contributed by atoms with Crippen LogP contribution in [0.1, 0.15) is 57.7 Å². The van der Waals surface area contributed by atoms with E-state index in [1.54, 1.807) is 0 Å². The van der Waals surface area contributed by atoms with Crippen LogP contribution in [0.2, 0.25) is 0 Å². The van der Waals surface area contributed by atoms with Gasteiger partial charge in [-0.2, -0.15) is 0 Å². The topological polar surface area (TPSA) is 34.1 Å². The number of nitrogens with one attached hydrogen (secondary N) is 1. The SMILES string of the molecule is CCc1cc(CNC(C)C)cc(OCCC2CCC2)n1.